The third kappa shape index (κ3) is 3.34. The van der Waals surface area contributed by atoms with Crippen LogP contribution in [0.2, 0.25) is 0 Å². The Morgan fingerprint density at radius 2 is 2.00 bits per heavy atom. The van der Waals surface area contributed by atoms with Gasteiger partial charge in [-0.25, -0.2) is 24.3 Å². The van der Waals surface area contributed by atoms with Crippen molar-refractivity contribution in [2.75, 3.05) is 24.3 Å². The smallest absolute Gasteiger partial charge is 0.278 e. The predicted molar refractivity (Wildman–Crippen MR) is 114 cm³/mol. The van der Waals surface area contributed by atoms with E-state index >= 15 is 0 Å². The van der Waals surface area contributed by atoms with Crippen molar-refractivity contribution in [1.29, 1.82) is 0 Å². The maximum Gasteiger partial charge on any atom is 0.278 e. The Hall–Kier alpha value is -3.34. The molecule has 0 saturated carbocycles. The molecule has 31 heavy (non-hydrogen) atoms. The maximum atomic E-state index is 13.1. The number of carbonyl (C=O) groups excluding carboxylic acids is 1. The number of pyridine rings is 1. The lowest BCUT2D eigenvalue weighted by molar-refractivity contribution is -0.121. The quantitative estimate of drug-likeness (QED) is 0.412. The molecule has 0 aliphatic carbocycles. The minimum absolute atomic E-state index is 0.0238. The largest absolute Gasteiger partial charge is 0.480 e. The van der Waals surface area contributed by atoms with Crippen LogP contribution in [0.3, 0.4) is 0 Å². The molecule has 0 fully saturated rings. The Kier molecular flexibility index (Phi) is 4.89. The zero-order valence-corrected chi connectivity index (χ0v) is 17.7. The number of fused-ring (bicyclic) bond motifs is 5. The van der Waals surface area contributed by atoms with Gasteiger partial charge in [-0.05, 0) is 31.4 Å². The number of amides is 1. The Morgan fingerprint density at radius 3 is 2.84 bits per heavy atom. The Morgan fingerprint density at radius 1 is 1.13 bits per heavy atom. The number of hydrogen-bond donors (Lipinski definition) is 0. The Balaban J connectivity index is 1.80. The normalized spacial score (nSPS) is 18.4. The van der Waals surface area contributed by atoms with Crippen molar-refractivity contribution < 1.29 is 13.7 Å². The van der Waals surface area contributed by atoms with Crippen molar-refractivity contribution in [1.82, 2.24) is 24.3 Å². The first kappa shape index (κ1) is 19.6. The van der Waals surface area contributed by atoms with Crippen LogP contribution in [0.5, 0.6) is 5.75 Å². The van der Waals surface area contributed by atoms with Gasteiger partial charge in [0.1, 0.15) is 5.39 Å². The zero-order valence-electron chi connectivity index (χ0n) is 16.9. The summed E-state index contributed by atoms with van der Waals surface area (Å²) in [5.41, 5.74) is 0.0437. The van der Waals surface area contributed by atoms with Crippen molar-refractivity contribution in [2.45, 2.75) is 31.0 Å². The molecule has 2 aliphatic rings. The van der Waals surface area contributed by atoms with Crippen LogP contribution in [0.25, 0.3) is 16.9 Å². The molecule has 1 atom stereocenters. The third-order valence-electron chi connectivity index (χ3n) is 5.31. The van der Waals surface area contributed by atoms with E-state index in [9.17, 15) is 13.8 Å². The van der Waals surface area contributed by atoms with Crippen LogP contribution in [0, 0.1) is 0 Å². The summed E-state index contributed by atoms with van der Waals surface area (Å²) < 4.78 is 20.6. The van der Waals surface area contributed by atoms with Gasteiger partial charge < -0.3 is 4.74 Å². The summed E-state index contributed by atoms with van der Waals surface area (Å²) in [4.78, 5) is 40.4. The fraction of sp³-hybridized carbons (Fsp3) is 0.350. The standard InChI is InChI=1S/C20H20N6O4S/c1-31(29)20-21-11-13-17(23-20)26-15-8-7-14-18(22-15)24(16(27)12-30-14)9-5-3-2-4-6-10-25(26)19(13)28/h4,6-8,11H,2-3,5,9-10,12H2,1H3/b6-4+. The van der Waals surface area contributed by atoms with Gasteiger partial charge in [0.05, 0.1) is 17.3 Å². The topological polar surface area (TPSA) is 112 Å². The molecule has 2 bridgehead atoms. The molecule has 1 amide bonds. The van der Waals surface area contributed by atoms with E-state index in [0.29, 0.717) is 41.5 Å². The fourth-order valence-electron chi connectivity index (χ4n) is 3.79. The monoisotopic (exact) mass is 440 g/mol. The number of nitrogens with zero attached hydrogens (tertiary/aromatic N) is 6. The van der Waals surface area contributed by atoms with Gasteiger partial charge in [0.25, 0.3) is 11.5 Å². The van der Waals surface area contributed by atoms with Crippen LogP contribution in [-0.4, -0.2) is 53.8 Å². The highest BCUT2D eigenvalue weighted by atomic mass is 32.2. The number of rotatable bonds is 1. The summed E-state index contributed by atoms with van der Waals surface area (Å²) in [5.74, 6) is 1.21. The van der Waals surface area contributed by atoms with E-state index in [1.54, 1.807) is 21.7 Å². The molecule has 5 heterocycles. The summed E-state index contributed by atoms with van der Waals surface area (Å²) in [5, 5.41) is 0.434. The molecule has 0 saturated heterocycles. The van der Waals surface area contributed by atoms with Crippen LogP contribution in [0.4, 0.5) is 5.82 Å². The molecule has 0 N–H and O–H groups in total. The van der Waals surface area contributed by atoms with E-state index in [-0.39, 0.29) is 23.2 Å². The highest BCUT2D eigenvalue weighted by Gasteiger charge is 2.28. The molecule has 2 aliphatic heterocycles. The summed E-state index contributed by atoms with van der Waals surface area (Å²) in [7, 11) is -1.41. The third-order valence-corrected chi connectivity index (χ3v) is 6.02. The second kappa shape index (κ2) is 7.73. The first-order chi connectivity index (χ1) is 15.0. The molecule has 5 rings (SSSR count). The predicted octanol–water partition coefficient (Wildman–Crippen LogP) is 1.18. The van der Waals surface area contributed by atoms with Gasteiger partial charge in [0, 0.05) is 19.0 Å². The molecule has 0 radical (unpaired) electrons. The van der Waals surface area contributed by atoms with Gasteiger partial charge >= 0.3 is 0 Å². The van der Waals surface area contributed by atoms with Gasteiger partial charge in [0.2, 0.25) is 5.16 Å². The number of ether oxygens (including phenoxy) is 1. The van der Waals surface area contributed by atoms with Crippen molar-refractivity contribution in [2.24, 2.45) is 0 Å². The highest BCUT2D eigenvalue weighted by molar-refractivity contribution is 7.84. The number of aromatic nitrogens is 5. The second-order valence-electron chi connectivity index (χ2n) is 7.34. The molecule has 3 aromatic heterocycles. The Labute approximate surface area is 179 Å². The van der Waals surface area contributed by atoms with Crippen LogP contribution in [0.15, 0.2) is 40.4 Å². The van der Waals surface area contributed by atoms with Crippen molar-refractivity contribution >= 4 is 33.6 Å². The average Bonchev–Trinajstić information content (AvgIpc) is 3.05. The van der Waals surface area contributed by atoms with Gasteiger partial charge in [-0.3, -0.25) is 18.7 Å². The van der Waals surface area contributed by atoms with E-state index in [2.05, 4.69) is 9.97 Å². The number of hydrogen-bond acceptors (Lipinski definition) is 7. The lowest BCUT2D eigenvalue weighted by atomic mass is 10.2. The van der Waals surface area contributed by atoms with E-state index in [1.165, 1.54) is 17.1 Å². The minimum Gasteiger partial charge on any atom is -0.480 e. The SMILES string of the molecule is CS(=O)c1ncc2c(=O)n3n(c2n1)-c1ccc2c(n1)N(CCCC/C=C/C3)C(=O)CO2. The lowest BCUT2D eigenvalue weighted by Gasteiger charge is -2.28. The number of allylic oxidation sites excluding steroid dienone is 2. The molecular weight excluding hydrogens is 420 g/mol. The van der Waals surface area contributed by atoms with Crippen molar-refractivity contribution in [3.8, 4) is 11.6 Å². The van der Waals surface area contributed by atoms with E-state index in [1.807, 2.05) is 12.2 Å². The fourth-order valence-corrected chi connectivity index (χ4v) is 4.21. The van der Waals surface area contributed by atoms with Gasteiger partial charge in [0.15, 0.2) is 29.6 Å². The molecular formula is C20H20N6O4S. The maximum absolute atomic E-state index is 13.1. The zero-order chi connectivity index (χ0) is 21.5. The van der Waals surface area contributed by atoms with Gasteiger partial charge in [-0.1, -0.05) is 12.2 Å². The Bertz CT molecular complexity index is 1310. The van der Waals surface area contributed by atoms with E-state index < -0.39 is 10.8 Å². The van der Waals surface area contributed by atoms with E-state index in [4.69, 9.17) is 9.72 Å². The van der Waals surface area contributed by atoms with Crippen LogP contribution >= 0.6 is 0 Å². The lowest BCUT2D eigenvalue weighted by Crippen LogP contribution is -2.40. The van der Waals surface area contributed by atoms with Crippen LogP contribution in [-0.2, 0) is 22.1 Å². The molecule has 0 aromatic carbocycles. The molecule has 11 heteroatoms. The molecule has 1 unspecified atom stereocenters. The first-order valence-electron chi connectivity index (χ1n) is 9.96. The highest BCUT2D eigenvalue weighted by Crippen LogP contribution is 2.32. The van der Waals surface area contributed by atoms with Crippen molar-refractivity contribution in [3.05, 3.63) is 40.8 Å². The summed E-state index contributed by atoms with van der Waals surface area (Å²) >= 11 is 0. The summed E-state index contributed by atoms with van der Waals surface area (Å²) in [6.07, 6.45) is 9.42. The average molecular weight is 440 g/mol. The van der Waals surface area contributed by atoms with Gasteiger partial charge in [-0.2, -0.15) is 0 Å². The molecule has 10 nitrogen and oxygen atoms in total. The number of carbonyl (C=O) groups is 1. The first-order valence-corrected chi connectivity index (χ1v) is 11.5. The second-order valence-corrected chi connectivity index (χ2v) is 8.61. The van der Waals surface area contributed by atoms with Gasteiger partial charge in [-0.15, -0.1) is 0 Å². The van der Waals surface area contributed by atoms with Crippen molar-refractivity contribution in [3.63, 3.8) is 0 Å². The summed E-state index contributed by atoms with van der Waals surface area (Å²) in [6, 6.07) is 3.46. The van der Waals surface area contributed by atoms with E-state index in [0.717, 1.165) is 19.3 Å². The summed E-state index contributed by atoms with van der Waals surface area (Å²) in [6.45, 7) is 0.835. The number of anilines is 1. The van der Waals surface area contributed by atoms with Crippen LogP contribution < -0.4 is 15.2 Å². The molecule has 3 aromatic rings. The molecule has 160 valence electrons. The molecule has 0 spiro atoms. The minimum atomic E-state index is -1.41. The van der Waals surface area contributed by atoms with Crippen LogP contribution in [0.1, 0.15) is 19.3 Å².